The number of carbonyl (C=O) groups excluding carboxylic acids is 1. The van der Waals surface area contributed by atoms with Crippen LogP contribution in [0.5, 0.6) is 5.75 Å². The lowest BCUT2D eigenvalue weighted by Crippen LogP contribution is -2.48. The van der Waals surface area contributed by atoms with Gasteiger partial charge in [0.25, 0.3) is 0 Å². The largest absolute Gasteiger partial charge is 0.492 e. The standard InChI is InChI=1S/C14H20N2O2/c1-3-18-12-8-5-4-7-11(12)16-13(17)14(2)9-6-10-15-14/h4-5,7-8,15H,3,6,9-10H2,1-2H3,(H,16,17). The number of para-hydroxylation sites is 2. The Kier molecular flexibility index (Phi) is 3.87. The Hall–Kier alpha value is -1.55. The van der Waals surface area contributed by atoms with Crippen molar-refractivity contribution in [3.63, 3.8) is 0 Å². The Bertz CT molecular complexity index is 426. The van der Waals surface area contributed by atoms with E-state index in [1.807, 2.05) is 38.1 Å². The Balaban J connectivity index is 2.11. The van der Waals surface area contributed by atoms with Crippen LogP contribution < -0.4 is 15.4 Å². The molecule has 4 heteroatoms. The molecule has 0 aliphatic carbocycles. The summed E-state index contributed by atoms with van der Waals surface area (Å²) in [4.78, 5) is 12.3. The molecular formula is C14H20N2O2. The van der Waals surface area contributed by atoms with E-state index in [0.29, 0.717) is 6.61 Å². The van der Waals surface area contributed by atoms with Crippen molar-refractivity contribution in [2.75, 3.05) is 18.5 Å². The molecule has 0 radical (unpaired) electrons. The van der Waals surface area contributed by atoms with Crippen LogP contribution in [0.25, 0.3) is 0 Å². The molecule has 0 bridgehead atoms. The van der Waals surface area contributed by atoms with Crippen LogP contribution in [0.2, 0.25) is 0 Å². The number of hydrogen-bond acceptors (Lipinski definition) is 3. The lowest BCUT2D eigenvalue weighted by Gasteiger charge is -2.23. The van der Waals surface area contributed by atoms with Gasteiger partial charge in [-0.3, -0.25) is 4.79 Å². The van der Waals surface area contributed by atoms with Crippen LogP contribution in [0.15, 0.2) is 24.3 Å². The zero-order chi connectivity index (χ0) is 13.0. The van der Waals surface area contributed by atoms with Gasteiger partial charge in [-0.15, -0.1) is 0 Å². The normalized spacial score (nSPS) is 22.8. The van der Waals surface area contributed by atoms with E-state index in [4.69, 9.17) is 4.74 Å². The smallest absolute Gasteiger partial charge is 0.244 e. The molecule has 4 nitrogen and oxygen atoms in total. The van der Waals surface area contributed by atoms with Crippen LogP contribution in [-0.2, 0) is 4.79 Å². The van der Waals surface area contributed by atoms with Gasteiger partial charge in [-0.25, -0.2) is 0 Å². The first-order chi connectivity index (χ1) is 8.65. The van der Waals surface area contributed by atoms with Crippen LogP contribution in [0.3, 0.4) is 0 Å². The van der Waals surface area contributed by atoms with Gasteiger partial charge in [0.05, 0.1) is 17.8 Å². The maximum atomic E-state index is 12.3. The van der Waals surface area contributed by atoms with Crippen LogP contribution in [0, 0.1) is 0 Å². The highest BCUT2D eigenvalue weighted by atomic mass is 16.5. The summed E-state index contributed by atoms with van der Waals surface area (Å²) >= 11 is 0. The van der Waals surface area contributed by atoms with E-state index in [1.165, 1.54) is 0 Å². The van der Waals surface area contributed by atoms with Gasteiger partial charge in [0, 0.05) is 0 Å². The maximum Gasteiger partial charge on any atom is 0.244 e. The minimum absolute atomic E-state index is 0.00662. The van der Waals surface area contributed by atoms with E-state index in [1.54, 1.807) is 0 Å². The van der Waals surface area contributed by atoms with Crippen molar-refractivity contribution in [2.24, 2.45) is 0 Å². The molecule has 0 spiro atoms. The van der Waals surface area contributed by atoms with E-state index < -0.39 is 5.54 Å². The fourth-order valence-corrected chi connectivity index (χ4v) is 2.20. The Labute approximate surface area is 108 Å². The molecule has 0 saturated carbocycles. The lowest BCUT2D eigenvalue weighted by molar-refractivity contribution is -0.121. The number of anilines is 1. The molecule has 2 rings (SSSR count). The number of hydrogen-bond donors (Lipinski definition) is 2. The predicted molar refractivity (Wildman–Crippen MR) is 71.9 cm³/mol. The van der Waals surface area contributed by atoms with E-state index in [2.05, 4.69) is 10.6 Å². The average Bonchev–Trinajstić information content (AvgIpc) is 2.80. The summed E-state index contributed by atoms with van der Waals surface area (Å²) < 4.78 is 5.50. The van der Waals surface area contributed by atoms with Crippen molar-refractivity contribution in [2.45, 2.75) is 32.2 Å². The summed E-state index contributed by atoms with van der Waals surface area (Å²) in [5.74, 6) is 0.724. The number of nitrogens with one attached hydrogen (secondary N) is 2. The van der Waals surface area contributed by atoms with Gasteiger partial charge in [-0.1, -0.05) is 12.1 Å². The van der Waals surface area contributed by atoms with Crippen molar-refractivity contribution < 1.29 is 9.53 Å². The molecule has 1 atom stereocenters. The molecular weight excluding hydrogens is 228 g/mol. The first-order valence-electron chi connectivity index (χ1n) is 6.44. The van der Waals surface area contributed by atoms with E-state index in [0.717, 1.165) is 30.8 Å². The lowest BCUT2D eigenvalue weighted by atomic mass is 9.99. The van der Waals surface area contributed by atoms with Crippen LogP contribution in [0.4, 0.5) is 5.69 Å². The third kappa shape index (κ3) is 2.64. The summed E-state index contributed by atoms with van der Waals surface area (Å²) in [5, 5.41) is 6.20. The molecule has 18 heavy (non-hydrogen) atoms. The van der Waals surface area contributed by atoms with Crippen LogP contribution in [-0.4, -0.2) is 24.6 Å². The van der Waals surface area contributed by atoms with E-state index in [9.17, 15) is 4.79 Å². The minimum Gasteiger partial charge on any atom is -0.492 e. The SMILES string of the molecule is CCOc1ccccc1NC(=O)C1(C)CCCN1. The molecule has 1 heterocycles. The Morgan fingerprint density at radius 3 is 2.94 bits per heavy atom. The molecule has 1 aliphatic rings. The molecule has 1 fully saturated rings. The zero-order valence-electron chi connectivity index (χ0n) is 11.0. The molecule has 2 N–H and O–H groups in total. The number of benzene rings is 1. The molecule has 1 saturated heterocycles. The third-order valence-corrected chi connectivity index (χ3v) is 3.30. The molecule has 1 aliphatic heterocycles. The molecule has 1 aromatic rings. The van der Waals surface area contributed by atoms with Gasteiger partial charge >= 0.3 is 0 Å². The van der Waals surface area contributed by atoms with Crippen molar-refractivity contribution >= 4 is 11.6 Å². The summed E-state index contributed by atoms with van der Waals surface area (Å²) in [6.07, 6.45) is 1.91. The second-order valence-electron chi connectivity index (χ2n) is 4.75. The number of amides is 1. The third-order valence-electron chi connectivity index (χ3n) is 3.30. The highest BCUT2D eigenvalue weighted by Gasteiger charge is 2.36. The van der Waals surface area contributed by atoms with Crippen molar-refractivity contribution in [3.8, 4) is 5.75 Å². The van der Waals surface area contributed by atoms with Crippen LogP contribution >= 0.6 is 0 Å². The average molecular weight is 248 g/mol. The quantitative estimate of drug-likeness (QED) is 0.858. The molecule has 1 unspecified atom stereocenters. The van der Waals surface area contributed by atoms with Crippen molar-refractivity contribution in [1.82, 2.24) is 5.32 Å². The van der Waals surface area contributed by atoms with E-state index in [-0.39, 0.29) is 5.91 Å². The minimum atomic E-state index is -0.459. The maximum absolute atomic E-state index is 12.3. The van der Waals surface area contributed by atoms with E-state index >= 15 is 0 Å². The molecule has 1 aromatic carbocycles. The Morgan fingerprint density at radius 2 is 2.28 bits per heavy atom. The first kappa shape index (κ1) is 12.9. The van der Waals surface area contributed by atoms with Gasteiger partial charge in [-0.05, 0) is 45.4 Å². The van der Waals surface area contributed by atoms with Gasteiger partial charge in [0.1, 0.15) is 5.75 Å². The van der Waals surface area contributed by atoms with Crippen molar-refractivity contribution in [3.05, 3.63) is 24.3 Å². The highest BCUT2D eigenvalue weighted by Crippen LogP contribution is 2.26. The predicted octanol–water partition coefficient (Wildman–Crippen LogP) is 2.17. The molecule has 98 valence electrons. The fraction of sp³-hybridized carbons (Fsp3) is 0.500. The molecule has 1 amide bonds. The van der Waals surface area contributed by atoms with Crippen molar-refractivity contribution in [1.29, 1.82) is 0 Å². The summed E-state index contributed by atoms with van der Waals surface area (Å²) in [6, 6.07) is 7.52. The second-order valence-corrected chi connectivity index (χ2v) is 4.75. The molecule has 0 aromatic heterocycles. The number of ether oxygens (including phenoxy) is 1. The van der Waals surface area contributed by atoms with Gasteiger partial charge in [-0.2, -0.15) is 0 Å². The summed E-state index contributed by atoms with van der Waals surface area (Å²) in [5.41, 5.74) is 0.276. The number of carbonyl (C=O) groups is 1. The second kappa shape index (κ2) is 5.40. The number of rotatable bonds is 4. The van der Waals surface area contributed by atoms with Gasteiger partial charge in [0.2, 0.25) is 5.91 Å². The highest BCUT2D eigenvalue weighted by molar-refractivity contribution is 5.99. The first-order valence-corrected chi connectivity index (χ1v) is 6.44. The fourth-order valence-electron chi connectivity index (χ4n) is 2.20. The zero-order valence-corrected chi connectivity index (χ0v) is 11.0. The monoisotopic (exact) mass is 248 g/mol. The summed E-state index contributed by atoms with van der Waals surface area (Å²) in [6.45, 7) is 5.36. The van der Waals surface area contributed by atoms with Crippen LogP contribution in [0.1, 0.15) is 26.7 Å². The van der Waals surface area contributed by atoms with Gasteiger partial charge in [0.15, 0.2) is 0 Å². The topological polar surface area (TPSA) is 50.4 Å². The van der Waals surface area contributed by atoms with Gasteiger partial charge < -0.3 is 15.4 Å². The Morgan fingerprint density at radius 1 is 1.50 bits per heavy atom. The summed E-state index contributed by atoms with van der Waals surface area (Å²) in [7, 11) is 0.